The molecule has 0 saturated carbocycles. The molecule has 0 unspecified atom stereocenters. The molecule has 3 nitrogen and oxygen atoms in total. The fourth-order valence-corrected chi connectivity index (χ4v) is 0.209. The summed E-state index contributed by atoms with van der Waals surface area (Å²) in [6.07, 6.45) is 0. The van der Waals surface area contributed by atoms with Gasteiger partial charge in [0.1, 0.15) is 0 Å². The molecule has 0 heterocycles. The van der Waals surface area contributed by atoms with Gasteiger partial charge in [0, 0.05) is 19.3 Å². The molecule has 0 radical (unpaired) electrons. The molecule has 0 saturated heterocycles. The number of rotatable bonds is 3. The summed E-state index contributed by atoms with van der Waals surface area (Å²) in [5.41, 5.74) is 7.96. The molecule has 0 aromatic carbocycles. The molecule has 7 heavy (non-hydrogen) atoms. The number of hydrazone groups is 1. The normalized spacial score (nSPS) is 12.9. The molecule has 1 atom stereocenters. The van der Waals surface area contributed by atoms with Crippen molar-refractivity contribution in [1.82, 2.24) is 5.43 Å². The van der Waals surface area contributed by atoms with Crippen LogP contribution >= 0.6 is 0 Å². The fourth-order valence-electron chi connectivity index (χ4n) is 0.209. The second kappa shape index (κ2) is 3.61. The van der Waals surface area contributed by atoms with Crippen molar-refractivity contribution in [3.63, 3.8) is 0 Å². The monoisotopic (exact) mass is 101 g/mol. The van der Waals surface area contributed by atoms with Crippen LogP contribution in [0.15, 0.2) is 5.10 Å². The van der Waals surface area contributed by atoms with Crippen LogP contribution in [0.3, 0.4) is 0 Å². The predicted molar refractivity (Wildman–Crippen MR) is 31.2 cm³/mol. The van der Waals surface area contributed by atoms with Gasteiger partial charge in [-0.1, -0.05) is 0 Å². The summed E-state index contributed by atoms with van der Waals surface area (Å²) >= 11 is 0. The Labute approximate surface area is 43.6 Å². The average Bonchev–Trinajstić information content (AvgIpc) is 1.61. The van der Waals surface area contributed by atoms with E-state index in [4.69, 9.17) is 5.73 Å². The van der Waals surface area contributed by atoms with Gasteiger partial charge in [0.15, 0.2) is 0 Å². The Morgan fingerprint density at radius 3 is 2.71 bits per heavy atom. The molecule has 3 heteroatoms. The van der Waals surface area contributed by atoms with E-state index in [1.165, 1.54) is 0 Å². The van der Waals surface area contributed by atoms with E-state index in [0.29, 0.717) is 6.54 Å². The molecule has 3 N–H and O–H groups in total. The van der Waals surface area contributed by atoms with E-state index >= 15 is 0 Å². The molecule has 0 aliphatic carbocycles. The van der Waals surface area contributed by atoms with Gasteiger partial charge in [-0.25, -0.2) is 0 Å². The lowest BCUT2D eigenvalue weighted by molar-refractivity contribution is 0.636. The van der Waals surface area contributed by atoms with E-state index in [1.807, 2.05) is 6.92 Å². The Bertz CT molecular complexity index is 50.9. The van der Waals surface area contributed by atoms with E-state index < -0.39 is 0 Å². The third-order valence-electron chi connectivity index (χ3n) is 0.525. The van der Waals surface area contributed by atoms with Crippen molar-refractivity contribution in [2.24, 2.45) is 10.8 Å². The number of nitrogens with two attached hydrogens (primary N) is 1. The van der Waals surface area contributed by atoms with Gasteiger partial charge in [-0.05, 0) is 6.92 Å². The third kappa shape index (κ3) is 5.43. The molecule has 0 aromatic rings. The Morgan fingerprint density at radius 1 is 2.00 bits per heavy atom. The molecule has 0 aromatic heterocycles. The van der Waals surface area contributed by atoms with Crippen molar-refractivity contribution < 1.29 is 0 Å². The zero-order valence-corrected chi connectivity index (χ0v) is 4.52. The minimum Gasteiger partial charge on any atom is -0.326 e. The van der Waals surface area contributed by atoms with Crippen molar-refractivity contribution in [1.29, 1.82) is 0 Å². The molecule has 0 aliphatic heterocycles. The van der Waals surface area contributed by atoms with E-state index in [0.717, 1.165) is 0 Å². The summed E-state index contributed by atoms with van der Waals surface area (Å²) < 4.78 is 0. The van der Waals surface area contributed by atoms with Gasteiger partial charge in [0.25, 0.3) is 0 Å². The van der Waals surface area contributed by atoms with Crippen molar-refractivity contribution in [2.45, 2.75) is 13.0 Å². The second-order valence-electron chi connectivity index (χ2n) is 1.50. The molecule has 0 fully saturated rings. The van der Waals surface area contributed by atoms with Gasteiger partial charge >= 0.3 is 0 Å². The largest absolute Gasteiger partial charge is 0.326 e. The summed E-state index contributed by atoms with van der Waals surface area (Å²) in [7, 11) is 0. The quantitative estimate of drug-likeness (QED) is 0.373. The van der Waals surface area contributed by atoms with Crippen LogP contribution in [0.5, 0.6) is 0 Å². The van der Waals surface area contributed by atoms with Crippen LogP contribution in [0.2, 0.25) is 0 Å². The van der Waals surface area contributed by atoms with Crippen LogP contribution in [0.25, 0.3) is 0 Å². The number of nitrogens with one attached hydrogen (secondary N) is 1. The summed E-state index contributed by atoms with van der Waals surface area (Å²) in [5, 5.41) is 3.40. The molecule has 0 amide bonds. The van der Waals surface area contributed by atoms with E-state index in [-0.39, 0.29) is 6.04 Å². The average molecular weight is 101 g/mol. The molecule has 0 aliphatic rings. The van der Waals surface area contributed by atoms with Crippen LogP contribution in [-0.2, 0) is 0 Å². The highest BCUT2D eigenvalue weighted by Crippen LogP contribution is 1.66. The topological polar surface area (TPSA) is 50.4 Å². The first-order chi connectivity index (χ1) is 3.27. The van der Waals surface area contributed by atoms with E-state index in [2.05, 4.69) is 17.2 Å². The van der Waals surface area contributed by atoms with Crippen LogP contribution < -0.4 is 11.2 Å². The minimum absolute atomic E-state index is 0.158. The van der Waals surface area contributed by atoms with Gasteiger partial charge < -0.3 is 11.2 Å². The maximum absolute atomic E-state index is 5.33. The summed E-state index contributed by atoms with van der Waals surface area (Å²) in [5.74, 6) is 0. The molecular weight excluding hydrogens is 90.1 g/mol. The highest BCUT2D eigenvalue weighted by molar-refractivity contribution is 5.22. The zero-order valence-electron chi connectivity index (χ0n) is 4.52. The maximum atomic E-state index is 5.33. The van der Waals surface area contributed by atoms with Gasteiger partial charge in [0.2, 0.25) is 0 Å². The fraction of sp³-hybridized carbons (Fsp3) is 0.750. The number of hydrogen-bond donors (Lipinski definition) is 2. The highest BCUT2D eigenvalue weighted by atomic mass is 15.3. The summed E-state index contributed by atoms with van der Waals surface area (Å²) in [4.78, 5) is 0. The predicted octanol–water partition coefficient (Wildman–Crippen LogP) is -0.461. The zero-order chi connectivity index (χ0) is 5.70. The van der Waals surface area contributed by atoms with Gasteiger partial charge in [0.05, 0.1) is 0 Å². The Hall–Kier alpha value is -0.570. The minimum atomic E-state index is 0.158. The molecule has 0 spiro atoms. The van der Waals surface area contributed by atoms with Crippen LogP contribution in [0, 0.1) is 0 Å². The van der Waals surface area contributed by atoms with E-state index in [9.17, 15) is 0 Å². The third-order valence-corrected chi connectivity index (χ3v) is 0.525. The first kappa shape index (κ1) is 6.43. The van der Waals surface area contributed by atoms with Crippen LogP contribution in [0.4, 0.5) is 0 Å². The lowest BCUT2D eigenvalue weighted by Gasteiger charge is -2.00. The smallest absolute Gasteiger partial charge is 0.0478 e. The molecule has 0 rings (SSSR count). The Kier molecular flexibility index (Phi) is 3.32. The van der Waals surface area contributed by atoms with Crippen molar-refractivity contribution in [2.75, 3.05) is 6.54 Å². The summed E-state index contributed by atoms with van der Waals surface area (Å²) in [6, 6.07) is 0.158. The molecule has 0 bridgehead atoms. The van der Waals surface area contributed by atoms with Crippen molar-refractivity contribution in [3.05, 3.63) is 0 Å². The van der Waals surface area contributed by atoms with E-state index in [1.54, 1.807) is 0 Å². The van der Waals surface area contributed by atoms with Gasteiger partial charge in [-0.15, -0.1) is 0 Å². The van der Waals surface area contributed by atoms with Gasteiger partial charge in [-0.3, -0.25) is 0 Å². The number of hydrogen-bond acceptors (Lipinski definition) is 3. The SMILES string of the molecule is C=NNC[C@H](C)N. The Balaban J connectivity index is 2.81. The molecular formula is C4H11N3. The molecule has 42 valence electrons. The van der Waals surface area contributed by atoms with Crippen LogP contribution in [-0.4, -0.2) is 19.3 Å². The first-order valence-electron chi connectivity index (χ1n) is 2.21. The number of nitrogens with zero attached hydrogens (tertiary/aromatic N) is 1. The lowest BCUT2D eigenvalue weighted by Crippen LogP contribution is -2.27. The highest BCUT2D eigenvalue weighted by Gasteiger charge is 1.86. The van der Waals surface area contributed by atoms with Crippen molar-refractivity contribution >= 4 is 6.72 Å². The van der Waals surface area contributed by atoms with Crippen LogP contribution in [0.1, 0.15) is 6.92 Å². The maximum Gasteiger partial charge on any atom is 0.0478 e. The lowest BCUT2D eigenvalue weighted by atomic mass is 10.4. The standard InChI is InChI=1S/C4H11N3/c1-4(5)3-7-6-2/h4,7H,2-3,5H2,1H3/t4-/m0/s1. The van der Waals surface area contributed by atoms with Crippen molar-refractivity contribution in [3.8, 4) is 0 Å². The summed E-state index contributed by atoms with van der Waals surface area (Å²) in [6.45, 7) is 5.81. The van der Waals surface area contributed by atoms with Gasteiger partial charge in [-0.2, -0.15) is 5.10 Å². The second-order valence-corrected chi connectivity index (χ2v) is 1.50. The Morgan fingerprint density at radius 2 is 2.57 bits per heavy atom. The first-order valence-corrected chi connectivity index (χ1v) is 2.21.